The fourth-order valence-corrected chi connectivity index (χ4v) is 5.26. The van der Waals surface area contributed by atoms with Crippen LogP contribution in [0.25, 0.3) is 0 Å². The number of aliphatic hydroxyl groups excluding tert-OH is 1. The highest BCUT2D eigenvalue weighted by atomic mass is 32.2. The molecule has 1 saturated heterocycles. The number of hydrogen-bond acceptors (Lipinski definition) is 4. The fraction of sp³-hybridized carbons (Fsp3) is 0.381. The Morgan fingerprint density at radius 2 is 1.71 bits per heavy atom. The molecule has 0 saturated carbocycles. The first-order valence-electron chi connectivity index (χ1n) is 9.47. The normalized spacial score (nSPS) is 21.8. The summed E-state index contributed by atoms with van der Waals surface area (Å²) in [5.41, 5.74) is 0.921. The molecule has 1 amide bonds. The van der Waals surface area contributed by atoms with Gasteiger partial charge < -0.3 is 10.4 Å². The van der Waals surface area contributed by atoms with Crippen LogP contribution in [0, 0.1) is 5.92 Å². The van der Waals surface area contributed by atoms with E-state index in [1.54, 1.807) is 37.3 Å². The molecule has 6 nitrogen and oxygen atoms in total. The molecule has 1 aliphatic heterocycles. The molecule has 0 radical (unpaired) electrons. The van der Waals surface area contributed by atoms with Crippen molar-refractivity contribution in [1.82, 2.24) is 9.62 Å². The molecule has 0 spiro atoms. The standard InChI is InChI=1S/C21H26N2O4S/c1-16(24)14-22-21(25)18-12-13-20(17-8-4-2-5-9-17)23(15-18)28(26,27)19-10-6-3-7-11-19/h2-11,16,18,20,24H,12-15H2,1H3,(H,22,25)/t16?,18-,20-/m1/s1. The maximum absolute atomic E-state index is 13.4. The van der Waals surface area contributed by atoms with E-state index in [0.29, 0.717) is 12.8 Å². The van der Waals surface area contributed by atoms with Crippen molar-refractivity contribution >= 4 is 15.9 Å². The minimum Gasteiger partial charge on any atom is -0.392 e. The molecule has 7 heteroatoms. The monoisotopic (exact) mass is 402 g/mol. The number of carbonyl (C=O) groups excluding carboxylic acids is 1. The topological polar surface area (TPSA) is 86.7 Å². The van der Waals surface area contributed by atoms with Gasteiger partial charge in [0.2, 0.25) is 15.9 Å². The molecular formula is C21H26N2O4S. The van der Waals surface area contributed by atoms with E-state index in [1.807, 2.05) is 30.3 Å². The largest absolute Gasteiger partial charge is 0.392 e. The van der Waals surface area contributed by atoms with E-state index < -0.39 is 22.0 Å². The summed E-state index contributed by atoms with van der Waals surface area (Å²) in [5.74, 6) is -0.669. The van der Waals surface area contributed by atoms with E-state index in [0.717, 1.165) is 5.56 Å². The molecule has 2 N–H and O–H groups in total. The van der Waals surface area contributed by atoms with Gasteiger partial charge in [-0.05, 0) is 37.5 Å². The van der Waals surface area contributed by atoms with Gasteiger partial charge in [-0.25, -0.2) is 8.42 Å². The summed E-state index contributed by atoms with van der Waals surface area (Å²) in [4.78, 5) is 12.7. The van der Waals surface area contributed by atoms with E-state index in [9.17, 15) is 18.3 Å². The van der Waals surface area contributed by atoms with Crippen LogP contribution in [-0.2, 0) is 14.8 Å². The molecule has 150 valence electrons. The number of amides is 1. The quantitative estimate of drug-likeness (QED) is 0.776. The lowest BCUT2D eigenvalue weighted by atomic mass is 9.90. The highest BCUT2D eigenvalue weighted by Crippen LogP contribution is 2.37. The van der Waals surface area contributed by atoms with Gasteiger partial charge in [0.25, 0.3) is 0 Å². The lowest BCUT2D eigenvalue weighted by Crippen LogP contribution is -2.47. The van der Waals surface area contributed by atoms with Crippen molar-refractivity contribution in [2.24, 2.45) is 5.92 Å². The van der Waals surface area contributed by atoms with Gasteiger partial charge in [-0.1, -0.05) is 48.5 Å². The number of carbonyl (C=O) groups is 1. The van der Waals surface area contributed by atoms with Crippen molar-refractivity contribution < 1.29 is 18.3 Å². The third-order valence-corrected chi connectivity index (χ3v) is 6.90. The molecule has 2 aromatic carbocycles. The maximum atomic E-state index is 13.4. The highest BCUT2D eigenvalue weighted by Gasteiger charge is 2.39. The van der Waals surface area contributed by atoms with Crippen LogP contribution in [0.5, 0.6) is 0 Å². The highest BCUT2D eigenvalue weighted by molar-refractivity contribution is 7.89. The predicted octanol–water partition coefficient (Wildman–Crippen LogP) is 2.33. The number of hydrogen-bond donors (Lipinski definition) is 2. The second kappa shape index (κ2) is 8.86. The zero-order valence-corrected chi connectivity index (χ0v) is 16.7. The van der Waals surface area contributed by atoms with Gasteiger partial charge in [0, 0.05) is 13.1 Å². The second-order valence-electron chi connectivity index (χ2n) is 7.18. The number of aliphatic hydroxyl groups is 1. The SMILES string of the molecule is CC(O)CNC(=O)[C@@H]1CC[C@H](c2ccccc2)N(S(=O)(=O)c2ccccc2)C1. The van der Waals surface area contributed by atoms with E-state index in [1.165, 1.54) is 4.31 Å². The number of nitrogens with zero attached hydrogens (tertiary/aromatic N) is 1. The number of nitrogens with one attached hydrogen (secondary N) is 1. The Morgan fingerprint density at radius 1 is 1.11 bits per heavy atom. The van der Waals surface area contributed by atoms with Gasteiger partial charge >= 0.3 is 0 Å². The van der Waals surface area contributed by atoms with Crippen LogP contribution >= 0.6 is 0 Å². The molecule has 28 heavy (non-hydrogen) atoms. The summed E-state index contributed by atoms with van der Waals surface area (Å²) in [5, 5.41) is 12.1. The van der Waals surface area contributed by atoms with Gasteiger partial charge in [-0.3, -0.25) is 4.79 Å². The van der Waals surface area contributed by atoms with Gasteiger partial charge in [-0.15, -0.1) is 0 Å². The third kappa shape index (κ3) is 4.60. The lowest BCUT2D eigenvalue weighted by molar-refractivity contribution is -0.126. The van der Waals surface area contributed by atoms with Gasteiger partial charge in [0.15, 0.2) is 0 Å². The Labute approximate surface area is 166 Å². The molecule has 3 atom stereocenters. The Kier molecular flexibility index (Phi) is 6.49. The fourth-order valence-electron chi connectivity index (χ4n) is 3.55. The number of sulfonamides is 1. The van der Waals surface area contributed by atoms with Crippen molar-refractivity contribution in [2.75, 3.05) is 13.1 Å². The van der Waals surface area contributed by atoms with Gasteiger partial charge in [0.05, 0.1) is 23.0 Å². The molecule has 0 bridgehead atoms. The molecule has 0 aliphatic carbocycles. The van der Waals surface area contributed by atoms with Crippen molar-refractivity contribution in [3.8, 4) is 0 Å². The average Bonchev–Trinajstić information content (AvgIpc) is 2.72. The molecule has 2 aromatic rings. The van der Waals surface area contributed by atoms with Crippen LogP contribution in [0.1, 0.15) is 31.4 Å². The average molecular weight is 403 g/mol. The molecule has 1 fully saturated rings. The van der Waals surface area contributed by atoms with E-state index >= 15 is 0 Å². The molecule has 0 aromatic heterocycles. The Morgan fingerprint density at radius 3 is 2.32 bits per heavy atom. The Bertz CT molecular complexity index is 885. The van der Waals surface area contributed by atoms with Crippen molar-refractivity contribution in [3.63, 3.8) is 0 Å². The first-order chi connectivity index (χ1) is 13.4. The zero-order valence-electron chi connectivity index (χ0n) is 15.9. The van der Waals surface area contributed by atoms with Crippen molar-refractivity contribution in [1.29, 1.82) is 0 Å². The zero-order chi connectivity index (χ0) is 20.1. The first-order valence-corrected chi connectivity index (χ1v) is 10.9. The number of benzene rings is 2. The van der Waals surface area contributed by atoms with E-state index in [4.69, 9.17) is 0 Å². The van der Waals surface area contributed by atoms with Crippen LogP contribution in [0.3, 0.4) is 0 Å². The number of rotatable bonds is 6. The van der Waals surface area contributed by atoms with Crippen LogP contribution in [-0.4, -0.2) is 42.9 Å². The lowest BCUT2D eigenvalue weighted by Gasteiger charge is -2.38. The predicted molar refractivity (Wildman–Crippen MR) is 107 cm³/mol. The maximum Gasteiger partial charge on any atom is 0.243 e. The molecule has 1 unspecified atom stereocenters. The second-order valence-corrected chi connectivity index (χ2v) is 9.07. The molecule has 1 heterocycles. The third-order valence-electron chi connectivity index (χ3n) is 5.01. The van der Waals surface area contributed by atoms with Crippen molar-refractivity contribution in [3.05, 3.63) is 66.2 Å². The van der Waals surface area contributed by atoms with Crippen molar-refractivity contribution in [2.45, 2.75) is 36.8 Å². The molecule has 3 rings (SSSR count). The first kappa shape index (κ1) is 20.5. The summed E-state index contributed by atoms with van der Waals surface area (Å²) in [7, 11) is -3.75. The van der Waals surface area contributed by atoms with Crippen LogP contribution in [0.15, 0.2) is 65.6 Å². The Balaban J connectivity index is 1.90. The minimum atomic E-state index is -3.75. The summed E-state index contributed by atoms with van der Waals surface area (Å²) in [6.45, 7) is 1.87. The van der Waals surface area contributed by atoms with Crippen LogP contribution in [0.2, 0.25) is 0 Å². The van der Waals surface area contributed by atoms with E-state index in [-0.39, 0.29) is 29.9 Å². The molecule has 1 aliphatic rings. The minimum absolute atomic E-state index is 0.114. The summed E-state index contributed by atoms with van der Waals surface area (Å²) < 4.78 is 28.2. The summed E-state index contributed by atoms with van der Waals surface area (Å²) in [6, 6.07) is 17.5. The van der Waals surface area contributed by atoms with E-state index in [2.05, 4.69) is 5.32 Å². The van der Waals surface area contributed by atoms with Crippen LogP contribution in [0.4, 0.5) is 0 Å². The summed E-state index contributed by atoms with van der Waals surface area (Å²) in [6.07, 6.45) is 0.503. The van der Waals surface area contributed by atoms with Crippen LogP contribution < -0.4 is 5.32 Å². The smallest absolute Gasteiger partial charge is 0.243 e. The summed E-state index contributed by atoms with van der Waals surface area (Å²) >= 11 is 0. The number of piperidine rings is 1. The Hall–Kier alpha value is -2.22. The molecular weight excluding hydrogens is 376 g/mol. The van der Waals surface area contributed by atoms with Gasteiger partial charge in [-0.2, -0.15) is 4.31 Å². The van der Waals surface area contributed by atoms with Gasteiger partial charge in [0.1, 0.15) is 0 Å².